The first-order chi connectivity index (χ1) is 7.33. The number of nitrogens with zero attached hydrogens (tertiary/aromatic N) is 1. The van der Waals surface area contributed by atoms with Gasteiger partial charge in [-0.25, -0.2) is 0 Å². The smallest absolute Gasteiger partial charge is 0.304 e. The molecule has 0 aromatic heterocycles. The molecule has 1 aliphatic rings. The summed E-state index contributed by atoms with van der Waals surface area (Å²) in [5.74, 6) is -0.794. The molecule has 1 unspecified atom stereocenters. The minimum absolute atomic E-state index is 0.00750. The number of carbonyl (C=O) groups is 2. The number of piperidine rings is 1. The van der Waals surface area contributed by atoms with Gasteiger partial charge >= 0.3 is 5.97 Å². The molecule has 1 aliphatic heterocycles. The first kappa shape index (κ1) is 13.2. The van der Waals surface area contributed by atoms with Crippen LogP contribution in [0.5, 0.6) is 0 Å². The van der Waals surface area contributed by atoms with Crippen molar-refractivity contribution in [2.24, 2.45) is 11.3 Å². The SMILES string of the molecule is CN1CCCC(C(=O)C(C)(C)CC(=O)O)C1. The molecule has 4 nitrogen and oxygen atoms in total. The highest BCUT2D eigenvalue weighted by atomic mass is 16.4. The van der Waals surface area contributed by atoms with Gasteiger partial charge in [-0.2, -0.15) is 0 Å². The molecule has 0 aliphatic carbocycles. The second-order valence-electron chi connectivity index (χ2n) is 5.42. The lowest BCUT2D eigenvalue weighted by molar-refractivity contribution is -0.145. The highest BCUT2D eigenvalue weighted by molar-refractivity contribution is 5.89. The van der Waals surface area contributed by atoms with E-state index in [4.69, 9.17) is 5.11 Å². The lowest BCUT2D eigenvalue weighted by Crippen LogP contribution is -2.41. The number of hydrogen-bond acceptors (Lipinski definition) is 3. The molecule has 0 saturated carbocycles. The predicted molar refractivity (Wildman–Crippen MR) is 61.3 cm³/mol. The third kappa shape index (κ3) is 3.30. The molecule has 1 saturated heterocycles. The summed E-state index contributed by atoms with van der Waals surface area (Å²) in [6, 6.07) is 0. The van der Waals surface area contributed by atoms with Crippen LogP contribution in [0.25, 0.3) is 0 Å². The van der Waals surface area contributed by atoms with Crippen LogP contribution >= 0.6 is 0 Å². The third-order valence-corrected chi connectivity index (χ3v) is 3.26. The highest BCUT2D eigenvalue weighted by Gasteiger charge is 2.36. The summed E-state index contributed by atoms with van der Waals surface area (Å²) in [5.41, 5.74) is -0.741. The van der Waals surface area contributed by atoms with Crippen LogP contribution in [-0.4, -0.2) is 41.9 Å². The summed E-state index contributed by atoms with van der Waals surface area (Å²) in [6.45, 7) is 5.27. The van der Waals surface area contributed by atoms with Crippen LogP contribution in [0.2, 0.25) is 0 Å². The van der Waals surface area contributed by atoms with E-state index in [-0.39, 0.29) is 18.1 Å². The average Bonchev–Trinajstić information content (AvgIpc) is 2.14. The molecule has 1 heterocycles. The second-order valence-corrected chi connectivity index (χ2v) is 5.42. The summed E-state index contributed by atoms with van der Waals surface area (Å²) in [4.78, 5) is 25.1. The molecule has 92 valence electrons. The third-order valence-electron chi connectivity index (χ3n) is 3.26. The van der Waals surface area contributed by atoms with Crippen molar-refractivity contribution in [3.8, 4) is 0 Å². The van der Waals surface area contributed by atoms with Gasteiger partial charge in [0.15, 0.2) is 0 Å². The molecule has 1 rings (SSSR count). The van der Waals surface area contributed by atoms with Gasteiger partial charge in [-0.05, 0) is 26.4 Å². The molecule has 0 bridgehead atoms. The number of carboxylic acid groups (broad SMARTS) is 1. The molecular weight excluding hydrogens is 206 g/mol. The maximum absolute atomic E-state index is 12.2. The van der Waals surface area contributed by atoms with E-state index in [1.165, 1.54) is 0 Å². The predicted octanol–water partition coefficient (Wildman–Crippen LogP) is 1.40. The summed E-state index contributed by atoms with van der Waals surface area (Å²) < 4.78 is 0. The van der Waals surface area contributed by atoms with Crippen LogP contribution in [0.4, 0.5) is 0 Å². The molecule has 0 amide bonds. The average molecular weight is 227 g/mol. The van der Waals surface area contributed by atoms with Crippen LogP contribution in [0, 0.1) is 11.3 Å². The van der Waals surface area contributed by atoms with Crippen molar-refractivity contribution in [3.05, 3.63) is 0 Å². The summed E-state index contributed by atoms with van der Waals surface area (Å²) in [5, 5.41) is 8.79. The fourth-order valence-corrected chi connectivity index (χ4v) is 2.40. The maximum atomic E-state index is 12.2. The Kier molecular flexibility index (Phi) is 4.08. The quantitative estimate of drug-likeness (QED) is 0.788. The number of ketones is 1. The fourth-order valence-electron chi connectivity index (χ4n) is 2.40. The van der Waals surface area contributed by atoms with E-state index in [0.717, 1.165) is 25.9 Å². The van der Waals surface area contributed by atoms with Crippen LogP contribution in [0.3, 0.4) is 0 Å². The molecule has 0 aromatic carbocycles. The van der Waals surface area contributed by atoms with E-state index in [9.17, 15) is 9.59 Å². The molecule has 4 heteroatoms. The number of likely N-dealkylation sites (tertiary alicyclic amines) is 1. The van der Waals surface area contributed by atoms with E-state index in [2.05, 4.69) is 4.90 Å². The minimum Gasteiger partial charge on any atom is -0.481 e. The largest absolute Gasteiger partial charge is 0.481 e. The number of hydrogen-bond donors (Lipinski definition) is 1. The van der Waals surface area contributed by atoms with E-state index >= 15 is 0 Å². The Morgan fingerprint density at radius 3 is 2.56 bits per heavy atom. The number of aliphatic carboxylic acids is 1. The van der Waals surface area contributed by atoms with Crippen molar-refractivity contribution < 1.29 is 14.7 Å². The standard InChI is InChI=1S/C12H21NO3/c1-12(2,7-10(14)15)11(16)9-5-4-6-13(3)8-9/h9H,4-8H2,1-3H3,(H,14,15). The van der Waals surface area contributed by atoms with Crippen LogP contribution < -0.4 is 0 Å². The van der Waals surface area contributed by atoms with E-state index in [1.807, 2.05) is 7.05 Å². The topological polar surface area (TPSA) is 57.6 Å². The van der Waals surface area contributed by atoms with Crippen molar-refractivity contribution in [2.75, 3.05) is 20.1 Å². The van der Waals surface area contributed by atoms with Gasteiger partial charge in [-0.15, -0.1) is 0 Å². The highest BCUT2D eigenvalue weighted by Crippen LogP contribution is 2.29. The van der Waals surface area contributed by atoms with Crippen molar-refractivity contribution in [3.63, 3.8) is 0 Å². The Bertz CT molecular complexity index is 286. The Labute approximate surface area is 96.6 Å². The number of carbonyl (C=O) groups excluding carboxylic acids is 1. The zero-order chi connectivity index (χ0) is 12.3. The van der Waals surface area contributed by atoms with Crippen molar-refractivity contribution in [1.82, 2.24) is 4.90 Å². The molecule has 16 heavy (non-hydrogen) atoms. The molecule has 0 spiro atoms. The van der Waals surface area contributed by atoms with Gasteiger partial charge in [0.2, 0.25) is 0 Å². The normalized spacial score (nSPS) is 23.1. The number of carboxylic acids is 1. The molecule has 0 aromatic rings. The monoisotopic (exact) mass is 227 g/mol. The minimum atomic E-state index is -0.900. The first-order valence-electron chi connectivity index (χ1n) is 5.77. The molecule has 1 N–H and O–H groups in total. The van der Waals surface area contributed by atoms with Crippen molar-refractivity contribution in [1.29, 1.82) is 0 Å². The Balaban J connectivity index is 2.64. The van der Waals surface area contributed by atoms with Crippen LogP contribution in [0.15, 0.2) is 0 Å². The van der Waals surface area contributed by atoms with Gasteiger partial charge in [-0.3, -0.25) is 9.59 Å². The number of rotatable bonds is 4. The van der Waals surface area contributed by atoms with Gasteiger partial charge in [0.05, 0.1) is 6.42 Å². The van der Waals surface area contributed by atoms with Gasteiger partial charge in [0.1, 0.15) is 5.78 Å². The molecule has 0 radical (unpaired) electrons. The molecule has 1 atom stereocenters. The van der Waals surface area contributed by atoms with Gasteiger partial charge in [0, 0.05) is 17.9 Å². The molecule has 1 fully saturated rings. The zero-order valence-corrected chi connectivity index (χ0v) is 10.3. The zero-order valence-electron chi connectivity index (χ0n) is 10.3. The van der Waals surface area contributed by atoms with Crippen molar-refractivity contribution >= 4 is 11.8 Å². The van der Waals surface area contributed by atoms with Crippen molar-refractivity contribution in [2.45, 2.75) is 33.1 Å². The summed E-state index contributed by atoms with van der Waals surface area (Å²) in [7, 11) is 2.00. The Morgan fingerprint density at radius 2 is 2.06 bits per heavy atom. The lowest BCUT2D eigenvalue weighted by Gasteiger charge is -2.33. The summed E-state index contributed by atoms with van der Waals surface area (Å²) in [6.07, 6.45) is 1.84. The van der Waals surface area contributed by atoms with Gasteiger partial charge < -0.3 is 10.0 Å². The maximum Gasteiger partial charge on any atom is 0.304 e. The lowest BCUT2D eigenvalue weighted by atomic mass is 9.76. The summed E-state index contributed by atoms with van der Waals surface area (Å²) >= 11 is 0. The second kappa shape index (κ2) is 4.95. The Morgan fingerprint density at radius 1 is 1.44 bits per heavy atom. The Hall–Kier alpha value is -0.900. The number of Topliss-reactive ketones (excluding diaryl/α,β-unsaturated/α-hetero) is 1. The fraction of sp³-hybridized carbons (Fsp3) is 0.833. The molecular formula is C12H21NO3. The van der Waals surface area contributed by atoms with Gasteiger partial charge in [-0.1, -0.05) is 13.8 Å². The van der Waals surface area contributed by atoms with E-state index in [1.54, 1.807) is 13.8 Å². The van der Waals surface area contributed by atoms with E-state index < -0.39 is 11.4 Å². The van der Waals surface area contributed by atoms with Crippen LogP contribution in [-0.2, 0) is 9.59 Å². The van der Waals surface area contributed by atoms with E-state index in [0.29, 0.717) is 0 Å². The first-order valence-corrected chi connectivity index (χ1v) is 5.77. The van der Waals surface area contributed by atoms with Gasteiger partial charge in [0.25, 0.3) is 0 Å². The van der Waals surface area contributed by atoms with Crippen LogP contribution in [0.1, 0.15) is 33.1 Å².